The Morgan fingerprint density at radius 3 is 2.19 bits per heavy atom. The standard InChI is InChI=1S/C19H32N6O7/c1-9(2)15(19(31)32)24-16(28)11(8-14(22)27)23-17(29)12-4-3-7-25(12)18(30)10(20)5-6-13(21)26/h9-12,15H,3-8,20H2,1-2H3,(H2,21,26)(H2,22,27)(H,23,29)(H,24,28)(H,31,32). The predicted octanol–water partition coefficient (Wildman–Crippen LogP) is -2.84. The number of carbonyl (C=O) groups excluding carboxylic acids is 5. The van der Waals surface area contributed by atoms with Crippen molar-refractivity contribution in [2.24, 2.45) is 23.1 Å². The molecule has 32 heavy (non-hydrogen) atoms. The van der Waals surface area contributed by atoms with Crippen LogP contribution >= 0.6 is 0 Å². The second-order valence-electron chi connectivity index (χ2n) is 8.10. The zero-order valence-corrected chi connectivity index (χ0v) is 18.2. The lowest BCUT2D eigenvalue weighted by molar-refractivity contribution is -0.144. The SMILES string of the molecule is CC(C)C(NC(=O)C(CC(N)=O)NC(=O)C1CCCN1C(=O)C(N)CCC(N)=O)C(=O)O. The van der Waals surface area contributed by atoms with Gasteiger partial charge in [-0.15, -0.1) is 0 Å². The normalized spacial score (nSPS) is 18.5. The molecule has 0 aromatic heterocycles. The van der Waals surface area contributed by atoms with Gasteiger partial charge in [-0.3, -0.25) is 24.0 Å². The van der Waals surface area contributed by atoms with Crippen LogP contribution in [0.4, 0.5) is 0 Å². The third-order valence-electron chi connectivity index (χ3n) is 5.13. The minimum Gasteiger partial charge on any atom is -0.480 e. The molecule has 4 atom stereocenters. The van der Waals surface area contributed by atoms with Gasteiger partial charge in [-0.1, -0.05) is 13.8 Å². The smallest absolute Gasteiger partial charge is 0.326 e. The highest BCUT2D eigenvalue weighted by Gasteiger charge is 2.38. The first-order chi connectivity index (χ1) is 14.8. The molecule has 0 radical (unpaired) electrons. The molecule has 180 valence electrons. The molecule has 1 aliphatic rings. The molecule has 5 amide bonds. The molecule has 1 rings (SSSR count). The van der Waals surface area contributed by atoms with Gasteiger partial charge in [-0.2, -0.15) is 0 Å². The molecule has 1 saturated heterocycles. The summed E-state index contributed by atoms with van der Waals surface area (Å²) in [5, 5.41) is 13.9. The Balaban J connectivity index is 2.91. The molecule has 1 aliphatic heterocycles. The van der Waals surface area contributed by atoms with Gasteiger partial charge in [0.25, 0.3) is 0 Å². The van der Waals surface area contributed by atoms with Crippen molar-refractivity contribution in [2.75, 3.05) is 6.54 Å². The summed E-state index contributed by atoms with van der Waals surface area (Å²) >= 11 is 0. The minimum atomic E-state index is -1.42. The van der Waals surface area contributed by atoms with Gasteiger partial charge in [0.15, 0.2) is 0 Å². The maximum Gasteiger partial charge on any atom is 0.326 e. The van der Waals surface area contributed by atoms with Crippen LogP contribution in [0.1, 0.15) is 46.0 Å². The summed E-state index contributed by atoms with van der Waals surface area (Å²) in [7, 11) is 0. The van der Waals surface area contributed by atoms with Gasteiger partial charge in [0.1, 0.15) is 18.1 Å². The quantitative estimate of drug-likeness (QED) is 0.179. The second kappa shape index (κ2) is 12.0. The number of primary amides is 2. The van der Waals surface area contributed by atoms with E-state index in [4.69, 9.17) is 17.2 Å². The summed E-state index contributed by atoms with van der Waals surface area (Å²) in [5.41, 5.74) is 16.1. The number of nitrogens with one attached hydrogen (secondary N) is 2. The highest BCUT2D eigenvalue weighted by atomic mass is 16.4. The number of likely N-dealkylation sites (tertiary alicyclic amines) is 1. The van der Waals surface area contributed by atoms with Gasteiger partial charge in [-0.05, 0) is 25.2 Å². The van der Waals surface area contributed by atoms with Crippen LogP contribution in [0.25, 0.3) is 0 Å². The Morgan fingerprint density at radius 2 is 1.69 bits per heavy atom. The summed E-state index contributed by atoms with van der Waals surface area (Å²) in [6.45, 7) is 3.43. The number of amides is 5. The number of hydrogen-bond donors (Lipinski definition) is 6. The average Bonchev–Trinajstić information content (AvgIpc) is 3.17. The van der Waals surface area contributed by atoms with Crippen molar-refractivity contribution in [3.8, 4) is 0 Å². The number of carbonyl (C=O) groups is 6. The Labute approximate surface area is 185 Å². The maximum absolute atomic E-state index is 12.8. The first-order valence-corrected chi connectivity index (χ1v) is 10.3. The molecule has 13 nitrogen and oxygen atoms in total. The Bertz CT molecular complexity index is 756. The number of nitrogens with two attached hydrogens (primary N) is 3. The largest absolute Gasteiger partial charge is 0.480 e. The fourth-order valence-electron chi connectivity index (χ4n) is 3.38. The minimum absolute atomic E-state index is 0.0253. The van der Waals surface area contributed by atoms with Crippen LogP contribution in [0.3, 0.4) is 0 Å². The fourth-order valence-corrected chi connectivity index (χ4v) is 3.38. The van der Waals surface area contributed by atoms with Crippen LogP contribution in [-0.2, 0) is 28.8 Å². The Hall–Kier alpha value is -3.22. The number of carboxylic acid groups (broad SMARTS) is 1. The van der Waals surface area contributed by atoms with E-state index in [-0.39, 0.29) is 19.4 Å². The molecule has 0 aromatic carbocycles. The fraction of sp³-hybridized carbons (Fsp3) is 0.684. The molecule has 0 bridgehead atoms. The molecule has 0 aromatic rings. The number of carboxylic acids is 1. The van der Waals surface area contributed by atoms with E-state index < -0.39 is 72.0 Å². The lowest BCUT2D eigenvalue weighted by atomic mass is 10.0. The Kier molecular flexibility index (Phi) is 10.0. The van der Waals surface area contributed by atoms with Crippen molar-refractivity contribution in [1.29, 1.82) is 0 Å². The predicted molar refractivity (Wildman–Crippen MR) is 111 cm³/mol. The molecule has 0 saturated carbocycles. The maximum atomic E-state index is 12.8. The van der Waals surface area contributed by atoms with Crippen molar-refractivity contribution >= 4 is 35.5 Å². The molecular formula is C19H32N6O7. The zero-order chi connectivity index (χ0) is 24.6. The van der Waals surface area contributed by atoms with Crippen LogP contribution in [0.2, 0.25) is 0 Å². The molecule has 1 fully saturated rings. The van der Waals surface area contributed by atoms with E-state index in [1.165, 1.54) is 4.90 Å². The van der Waals surface area contributed by atoms with E-state index in [1.54, 1.807) is 13.8 Å². The van der Waals surface area contributed by atoms with Gasteiger partial charge in [0.05, 0.1) is 12.5 Å². The van der Waals surface area contributed by atoms with Crippen molar-refractivity contribution < 1.29 is 33.9 Å². The summed E-state index contributed by atoms with van der Waals surface area (Å²) in [5.74, 6) is -5.32. The summed E-state index contributed by atoms with van der Waals surface area (Å²) in [4.78, 5) is 73.0. The van der Waals surface area contributed by atoms with Crippen LogP contribution in [-0.4, -0.2) is 76.2 Å². The third kappa shape index (κ3) is 7.80. The number of aliphatic carboxylic acids is 1. The van der Waals surface area contributed by atoms with E-state index in [2.05, 4.69) is 10.6 Å². The highest BCUT2D eigenvalue weighted by molar-refractivity contribution is 5.96. The molecule has 9 N–H and O–H groups in total. The molecular weight excluding hydrogens is 424 g/mol. The van der Waals surface area contributed by atoms with E-state index in [0.717, 1.165) is 0 Å². The third-order valence-corrected chi connectivity index (χ3v) is 5.13. The van der Waals surface area contributed by atoms with Crippen LogP contribution in [0.5, 0.6) is 0 Å². The molecule has 4 unspecified atom stereocenters. The molecule has 0 aliphatic carbocycles. The van der Waals surface area contributed by atoms with Crippen LogP contribution in [0.15, 0.2) is 0 Å². The highest BCUT2D eigenvalue weighted by Crippen LogP contribution is 2.19. The number of hydrogen-bond acceptors (Lipinski definition) is 7. The van der Waals surface area contributed by atoms with Crippen molar-refractivity contribution in [2.45, 2.75) is 70.1 Å². The van der Waals surface area contributed by atoms with Crippen molar-refractivity contribution in [3.63, 3.8) is 0 Å². The van der Waals surface area contributed by atoms with E-state index in [0.29, 0.717) is 12.8 Å². The Morgan fingerprint density at radius 1 is 1.06 bits per heavy atom. The van der Waals surface area contributed by atoms with Gasteiger partial charge >= 0.3 is 5.97 Å². The lowest BCUT2D eigenvalue weighted by Gasteiger charge is -2.28. The van der Waals surface area contributed by atoms with Gasteiger partial charge in [-0.25, -0.2) is 4.79 Å². The molecule has 13 heteroatoms. The van der Waals surface area contributed by atoms with E-state index in [9.17, 15) is 33.9 Å². The first kappa shape index (κ1) is 26.8. The monoisotopic (exact) mass is 456 g/mol. The zero-order valence-electron chi connectivity index (χ0n) is 18.2. The lowest BCUT2D eigenvalue weighted by Crippen LogP contribution is -2.57. The van der Waals surface area contributed by atoms with Crippen molar-refractivity contribution in [3.05, 3.63) is 0 Å². The molecule has 0 spiro atoms. The van der Waals surface area contributed by atoms with Gasteiger partial charge in [0, 0.05) is 13.0 Å². The summed E-state index contributed by atoms with van der Waals surface area (Å²) < 4.78 is 0. The second-order valence-corrected chi connectivity index (χ2v) is 8.10. The number of rotatable bonds is 12. The van der Waals surface area contributed by atoms with Crippen LogP contribution in [0, 0.1) is 5.92 Å². The summed E-state index contributed by atoms with van der Waals surface area (Å²) in [6, 6.07) is -4.61. The van der Waals surface area contributed by atoms with Crippen molar-refractivity contribution in [1.82, 2.24) is 15.5 Å². The van der Waals surface area contributed by atoms with Crippen LogP contribution < -0.4 is 27.8 Å². The van der Waals surface area contributed by atoms with E-state index >= 15 is 0 Å². The molecule has 1 heterocycles. The summed E-state index contributed by atoms with van der Waals surface area (Å²) in [6.07, 6.45) is 0.194. The van der Waals surface area contributed by atoms with E-state index in [1.807, 2.05) is 0 Å². The first-order valence-electron chi connectivity index (χ1n) is 10.3. The number of nitrogens with zero attached hydrogens (tertiary/aromatic N) is 1. The van der Waals surface area contributed by atoms with Gasteiger partial charge < -0.3 is 37.8 Å². The average molecular weight is 457 g/mol. The van der Waals surface area contributed by atoms with Gasteiger partial charge in [0.2, 0.25) is 29.5 Å². The topological polar surface area (TPSA) is 228 Å².